The van der Waals surface area contributed by atoms with E-state index in [0.29, 0.717) is 0 Å². The summed E-state index contributed by atoms with van der Waals surface area (Å²) in [6, 6.07) is 16.2. The number of halogens is 1. The van der Waals surface area contributed by atoms with Crippen molar-refractivity contribution in [3.05, 3.63) is 71.7 Å². The number of hydrogen-bond acceptors (Lipinski definition) is 3. The summed E-state index contributed by atoms with van der Waals surface area (Å²) in [5.74, 6) is 0.728. The second-order valence-corrected chi connectivity index (χ2v) is 6.19. The zero-order valence-corrected chi connectivity index (χ0v) is 14.6. The van der Waals surface area contributed by atoms with Crippen LogP contribution in [-0.2, 0) is 0 Å². The third-order valence-electron chi connectivity index (χ3n) is 3.92. The summed E-state index contributed by atoms with van der Waals surface area (Å²) in [7, 11) is 1.66. The van der Waals surface area contributed by atoms with E-state index in [1.165, 1.54) is 0 Å². The van der Waals surface area contributed by atoms with Crippen LogP contribution in [0.1, 0.15) is 0 Å². The van der Waals surface area contributed by atoms with Gasteiger partial charge in [0.05, 0.1) is 29.3 Å². The average molecular weight is 380 g/mol. The molecule has 4 rings (SSSR count). The summed E-state index contributed by atoms with van der Waals surface area (Å²) in [4.78, 5) is 9.03. The smallest absolute Gasteiger partial charge is 0.159 e. The van der Waals surface area contributed by atoms with Gasteiger partial charge in [0.25, 0.3) is 0 Å². The quantitative estimate of drug-likeness (QED) is 0.510. The van der Waals surface area contributed by atoms with Crippen LogP contribution >= 0.6 is 15.9 Å². The van der Waals surface area contributed by atoms with E-state index >= 15 is 0 Å². The first-order valence-electron chi connectivity index (χ1n) is 7.49. The van der Waals surface area contributed by atoms with Crippen molar-refractivity contribution >= 4 is 26.8 Å². The van der Waals surface area contributed by atoms with Crippen LogP contribution in [0.25, 0.3) is 27.8 Å². The molecule has 5 heteroatoms. The van der Waals surface area contributed by atoms with Crippen molar-refractivity contribution in [1.82, 2.24) is 14.5 Å². The van der Waals surface area contributed by atoms with Crippen molar-refractivity contribution in [3.8, 4) is 22.7 Å². The lowest BCUT2D eigenvalue weighted by Crippen LogP contribution is -1.98. The molecule has 0 N–H and O–H groups in total. The summed E-state index contributed by atoms with van der Waals surface area (Å²) in [6.45, 7) is 0. The monoisotopic (exact) mass is 379 g/mol. The van der Waals surface area contributed by atoms with E-state index in [1.807, 2.05) is 41.1 Å². The van der Waals surface area contributed by atoms with Crippen LogP contribution in [0.3, 0.4) is 0 Å². The number of fused-ring (bicyclic) bond motifs is 1. The minimum Gasteiger partial charge on any atom is -0.493 e. The molecule has 2 aromatic heterocycles. The second kappa shape index (κ2) is 6.09. The first kappa shape index (κ1) is 14.9. The molecule has 0 saturated carbocycles. The first-order chi connectivity index (χ1) is 11.8. The molecule has 0 spiro atoms. The summed E-state index contributed by atoms with van der Waals surface area (Å²) < 4.78 is 8.46. The summed E-state index contributed by atoms with van der Waals surface area (Å²) in [6.07, 6.45) is 5.49. The van der Waals surface area contributed by atoms with E-state index in [1.54, 1.807) is 19.6 Å². The Kier molecular flexibility index (Phi) is 3.78. The van der Waals surface area contributed by atoms with Crippen LogP contribution in [0.5, 0.6) is 5.75 Å². The second-order valence-electron chi connectivity index (χ2n) is 5.34. The standard InChI is InChI=1S/C19H14BrN3O/c1-24-19-15(20)8-7-14-17(23-10-9-21-12-23)11-16(22-18(14)19)13-5-3-2-4-6-13/h2-12H,1H3. The zero-order chi connectivity index (χ0) is 16.5. The molecule has 0 aliphatic carbocycles. The lowest BCUT2D eigenvalue weighted by atomic mass is 10.1. The molecular weight excluding hydrogens is 366 g/mol. The predicted molar refractivity (Wildman–Crippen MR) is 98.6 cm³/mol. The van der Waals surface area contributed by atoms with Crippen LogP contribution in [0.2, 0.25) is 0 Å². The maximum Gasteiger partial charge on any atom is 0.159 e. The number of hydrogen-bond donors (Lipinski definition) is 0. The number of aromatic nitrogens is 3. The molecule has 0 radical (unpaired) electrons. The van der Waals surface area contributed by atoms with Gasteiger partial charge in [0, 0.05) is 23.3 Å². The normalized spacial score (nSPS) is 10.9. The molecular formula is C19H14BrN3O. The minimum atomic E-state index is 0.728. The number of nitrogens with zero attached hydrogens (tertiary/aromatic N) is 3. The molecule has 0 unspecified atom stereocenters. The average Bonchev–Trinajstić information content (AvgIpc) is 3.16. The molecule has 0 saturated heterocycles. The van der Waals surface area contributed by atoms with E-state index in [4.69, 9.17) is 9.72 Å². The van der Waals surface area contributed by atoms with Crippen molar-refractivity contribution in [2.24, 2.45) is 0 Å². The van der Waals surface area contributed by atoms with Gasteiger partial charge in [-0.1, -0.05) is 30.3 Å². The van der Waals surface area contributed by atoms with Crippen molar-refractivity contribution in [2.75, 3.05) is 7.11 Å². The van der Waals surface area contributed by atoms with E-state index in [0.717, 1.165) is 38.1 Å². The third-order valence-corrected chi connectivity index (χ3v) is 4.55. The highest BCUT2D eigenvalue weighted by atomic mass is 79.9. The molecule has 0 aliphatic rings. The fourth-order valence-corrected chi connectivity index (χ4v) is 3.27. The molecule has 0 aliphatic heterocycles. The molecule has 2 heterocycles. The minimum absolute atomic E-state index is 0.728. The Morgan fingerprint density at radius 1 is 1.08 bits per heavy atom. The van der Waals surface area contributed by atoms with E-state index in [9.17, 15) is 0 Å². The van der Waals surface area contributed by atoms with Gasteiger partial charge < -0.3 is 9.30 Å². The van der Waals surface area contributed by atoms with Gasteiger partial charge in [0.15, 0.2) is 5.75 Å². The van der Waals surface area contributed by atoms with Gasteiger partial charge in [-0.05, 0) is 34.1 Å². The molecule has 0 atom stereocenters. The number of methoxy groups -OCH3 is 1. The van der Waals surface area contributed by atoms with E-state index < -0.39 is 0 Å². The maximum atomic E-state index is 5.59. The predicted octanol–water partition coefficient (Wildman–Crippen LogP) is 4.86. The van der Waals surface area contributed by atoms with Gasteiger partial charge in [-0.15, -0.1) is 0 Å². The van der Waals surface area contributed by atoms with Crippen LogP contribution < -0.4 is 4.74 Å². The number of rotatable bonds is 3. The summed E-state index contributed by atoms with van der Waals surface area (Å²) in [5, 5.41) is 1.01. The van der Waals surface area contributed by atoms with Gasteiger partial charge in [0.2, 0.25) is 0 Å². The highest BCUT2D eigenvalue weighted by Gasteiger charge is 2.14. The Labute approximate surface area is 147 Å². The Hall–Kier alpha value is -2.66. The Balaban J connectivity index is 2.09. The fraction of sp³-hybridized carbons (Fsp3) is 0.0526. The molecule has 0 fully saturated rings. The Morgan fingerprint density at radius 2 is 1.92 bits per heavy atom. The summed E-state index contributed by atoms with van der Waals surface area (Å²) in [5.41, 5.74) is 3.78. The summed E-state index contributed by atoms with van der Waals surface area (Å²) >= 11 is 3.55. The third kappa shape index (κ3) is 2.47. The van der Waals surface area contributed by atoms with Gasteiger partial charge in [-0.3, -0.25) is 0 Å². The van der Waals surface area contributed by atoms with Gasteiger partial charge >= 0.3 is 0 Å². The van der Waals surface area contributed by atoms with E-state index in [-0.39, 0.29) is 0 Å². The zero-order valence-electron chi connectivity index (χ0n) is 13.0. The van der Waals surface area contributed by atoms with Crippen molar-refractivity contribution < 1.29 is 4.74 Å². The number of benzene rings is 2. The maximum absolute atomic E-state index is 5.59. The molecule has 2 aromatic carbocycles. The molecule has 4 aromatic rings. The Morgan fingerprint density at radius 3 is 2.62 bits per heavy atom. The number of ether oxygens (including phenoxy) is 1. The molecule has 0 amide bonds. The number of pyridine rings is 1. The first-order valence-corrected chi connectivity index (χ1v) is 8.28. The van der Waals surface area contributed by atoms with Gasteiger partial charge in [-0.25, -0.2) is 9.97 Å². The van der Waals surface area contributed by atoms with Crippen molar-refractivity contribution in [2.45, 2.75) is 0 Å². The van der Waals surface area contributed by atoms with Crippen molar-refractivity contribution in [1.29, 1.82) is 0 Å². The lowest BCUT2D eigenvalue weighted by Gasteiger charge is -2.14. The fourth-order valence-electron chi connectivity index (χ4n) is 2.79. The molecule has 4 nitrogen and oxygen atoms in total. The van der Waals surface area contributed by atoms with Crippen LogP contribution in [0.4, 0.5) is 0 Å². The van der Waals surface area contributed by atoms with E-state index in [2.05, 4.69) is 39.1 Å². The number of imidazole rings is 1. The van der Waals surface area contributed by atoms with Gasteiger partial charge in [-0.2, -0.15) is 0 Å². The highest BCUT2D eigenvalue weighted by Crippen LogP contribution is 2.36. The lowest BCUT2D eigenvalue weighted by molar-refractivity contribution is 0.416. The topological polar surface area (TPSA) is 39.9 Å². The highest BCUT2D eigenvalue weighted by molar-refractivity contribution is 9.10. The van der Waals surface area contributed by atoms with Crippen LogP contribution in [0.15, 0.2) is 71.7 Å². The van der Waals surface area contributed by atoms with Crippen LogP contribution in [-0.4, -0.2) is 21.6 Å². The van der Waals surface area contributed by atoms with Crippen LogP contribution in [0, 0.1) is 0 Å². The largest absolute Gasteiger partial charge is 0.493 e. The SMILES string of the molecule is COc1c(Br)ccc2c(-n3ccnc3)cc(-c3ccccc3)nc12. The molecule has 0 bridgehead atoms. The van der Waals surface area contributed by atoms with Crippen molar-refractivity contribution in [3.63, 3.8) is 0 Å². The molecule has 24 heavy (non-hydrogen) atoms. The Bertz CT molecular complexity index is 998. The van der Waals surface area contributed by atoms with Gasteiger partial charge in [0.1, 0.15) is 5.52 Å². The molecule has 118 valence electrons.